The number of likely N-dealkylation sites (tertiary alicyclic amines) is 1. The van der Waals surface area contributed by atoms with Crippen molar-refractivity contribution in [3.05, 3.63) is 58.2 Å². The molecule has 1 saturated heterocycles. The molecule has 1 fully saturated rings. The highest BCUT2D eigenvalue weighted by molar-refractivity contribution is 9.10. The molecule has 0 unspecified atom stereocenters. The van der Waals surface area contributed by atoms with Crippen LogP contribution in [0.5, 0.6) is 0 Å². The van der Waals surface area contributed by atoms with E-state index in [4.69, 9.17) is 5.10 Å². The standard InChI is InChI=1S/C32H45BrN4O/c1-24(2)14-20-36(21-15-25(3)4)32(38)26-16-22-37-30(23-26)28(12-10-19-35-17-8-5-9-18-35)31(34-37)27-11-6-7-13-29(27)33/h6-7,11,13,16,22-25H,5,8-10,12,14-15,17-21H2,1-4H3. The summed E-state index contributed by atoms with van der Waals surface area (Å²) in [5.41, 5.74) is 5.16. The summed E-state index contributed by atoms with van der Waals surface area (Å²) in [6.07, 6.45) is 10.0. The lowest BCUT2D eigenvalue weighted by Crippen LogP contribution is -2.34. The summed E-state index contributed by atoms with van der Waals surface area (Å²) >= 11 is 3.75. The molecule has 1 aromatic carbocycles. The van der Waals surface area contributed by atoms with E-state index in [0.29, 0.717) is 11.8 Å². The van der Waals surface area contributed by atoms with Gasteiger partial charge in [-0.15, -0.1) is 0 Å². The van der Waals surface area contributed by atoms with E-state index in [1.54, 1.807) is 0 Å². The Morgan fingerprint density at radius 3 is 2.34 bits per heavy atom. The van der Waals surface area contributed by atoms with Crippen LogP contribution in [0.15, 0.2) is 47.1 Å². The predicted molar refractivity (Wildman–Crippen MR) is 162 cm³/mol. The van der Waals surface area contributed by atoms with Crippen molar-refractivity contribution in [1.29, 1.82) is 0 Å². The lowest BCUT2D eigenvalue weighted by atomic mass is 10.0. The number of piperidine rings is 1. The zero-order chi connectivity index (χ0) is 27.1. The molecule has 3 heterocycles. The molecule has 206 valence electrons. The summed E-state index contributed by atoms with van der Waals surface area (Å²) in [6.45, 7) is 14.1. The molecular formula is C32H45BrN4O. The van der Waals surface area contributed by atoms with E-state index >= 15 is 0 Å². The molecule has 0 aliphatic carbocycles. The first-order chi connectivity index (χ1) is 18.3. The van der Waals surface area contributed by atoms with E-state index in [0.717, 1.165) is 72.1 Å². The summed E-state index contributed by atoms with van der Waals surface area (Å²) in [4.78, 5) is 18.4. The van der Waals surface area contributed by atoms with E-state index < -0.39 is 0 Å². The number of aryl methyl sites for hydroxylation is 1. The molecule has 1 amide bonds. The van der Waals surface area contributed by atoms with Crippen LogP contribution in [0.25, 0.3) is 16.8 Å². The van der Waals surface area contributed by atoms with E-state index in [2.05, 4.69) is 77.7 Å². The van der Waals surface area contributed by atoms with Gasteiger partial charge in [0.15, 0.2) is 0 Å². The number of pyridine rings is 1. The van der Waals surface area contributed by atoms with Crippen molar-refractivity contribution in [2.75, 3.05) is 32.7 Å². The van der Waals surface area contributed by atoms with E-state index in [1.807, 2.05) is 22.8 Å². The second-order valence-corrected chi connectivity index (χ2v) is 12.6. The maximum Gasteiger partial charge on any atom is 0.253 e. The molecule has 0 saturated carbocycles. The molecule has 4 rings (SSSR count). The minimum absolute atomic E-state index is 0.136. The molecule has 1 aliphatic rings. The molecule has 5 nitrogen and oxygen atoms in total. The van der Waals surface area contributed by atoms with Crippen LogP contribution in [0.3, 0.4) is 0 Å². The van der Waals surface area contributed by atoms with Gasteiger partial charge in [-0.2, -0.15) is 5.10 Å². The maximum atomic E-state index is 13.8. The largest absolute Gasteiger partial charge is 0.339 e. The molecule has 0 N–H and O–H groups in total. The maximum absolute atomic E-state index is 13.8. The van der Waals surface area contributed by atoms with Crippen molar-refractivity contribution in [2.24, 2.45) is 11.8 Å². The van der Waals surface area contributed by atoms with Gasteiger partial charge in [-0.3, -0.25) is 4.79 Å². The summed E-state index contributed by atoms with van der Waals surface area (Å²) in [5.74, 6) is 1.27. The summed E-state index contributed by atoms with van der Waals surface area (Å²) in [6, 6.07) is 12.3. The van der Waals surface area contributed by atoms with Gasteiger partial charge in [0.1, 0.15) is 0 Å². The first-order valence-electron chi connectivity index (χ1n) is 14.6. The topological polar surface area (TPSA) is 40.9 Å². The number of hydrogen-bond donors (Lipinski definition) is 0. The van der Waals surface area contributed by atoms with E-state index in [9.17, 15) is 4.79 Å². The first kappa shape index (κ1) is 28.8. The van der Waals surface area contributed by atoms with Crippen molar-refractivity contribution in [3.8, 4) is 11.3 Å². The van der Waals surface area contributed by atoms with Crippen molar-refractivity contribution >= 4 is 27.4 Å². The third-order valence-corrected chi connectivity index (χ3v) is 8.39. The van der Waals surface area contributed by atoms with Crippen molar-refractivity contribution in [1.82, 2.24) is 19.4 Å². The van der Waals surface area contributed by atoms with Gasteiger partial charge in [0.25, 0.3) is 5.91 Å². The van der Waals surface area contributed by atoms with Gasteiger partial charge in [0, 0.05) is 40.4 Å². The van der Waals surface area contributed by atoms with Crippen LogP contribution >= 0.6 is 15.9 Å². The van der Waals surface area contributed by atoms with Gasteiger partial charge in [0.2, 0.25) is 0 Å². The lowest BCUT2D eigenvalue weighted by molar-refractivity contribution is 0.0741. The van der Waals surface area contributed by atoms with Gasteiger partial charge in [-0.05, 0) is 88.2 Å². The molecule has 0 bridgehead atoms. The van der Waals surface area contributed by atoms with Crippen LogP contribution in [-0.2, 0) is 6.42 Å². The van der Waals surface area contributed by atoms with Crippen molar-refractivity contribution in [3.63, 3.8) is 0 Å². The third-order valence-electron chi connectivity index (χ3n) is 7.70. The smallest absolute Gasteiger partial charge is 0.253 e. The predicted octanol–water partition coefficient (Wildman–Crippen LogP) is 7.72. The molecule has 6 heteroatoms. The van der Waals surface area contributed by atoms with Crippen molar-refractivity contribution < 1.29 is 4.79 Å². The number of carbonyl (C=O) groups is 1. The van der Waals surface area contributed by atoms with Crippen LogP contribution < -0.4 is 0 Å². The summed E-state index contributed by atoms with van der Waals surface area (Å²) in [5, 5.41) is 5.02. The molecule has 0 spiro atoms. The highest BCUT2D eigenvalue weighted by Gasteiger charge is 2.21. The average Bonchev–Trinajstić information content (AvgIpc) is 3.26. The number of benzene rings is 1. The number of rotatable bonds is 12. The molecule has 3 aromatic rings. The molecule has 0 radical (unpaired) electrons. The zero-order valence-corrected chi connectivity index (χ0v) is 25.3. The van der Waals surface area contributed by atoms with Gasteiger partial charge in [0.05, 0.1) is 11.2 Å². The molecule has 1 aliphatic heterocycles. The number of fused-ring (bicyclic) bond motifs is 1. The Hall–Kier alpha value is -2.18. The highest BCUT2D eigenvalue weighted by atomic mass is 79.9. The Morgan fingerprint density at radius 2 is 1.68 bits per heavy atom. The fourth-order valence-corrected chi connectivity index (χ4v) is 5.80. The monoisotopic (exact) mass is 580 g/mol. The SMILES string of the molecule is CC(C)CCN(CCC(C)C)C(=O)c1ccn2nc(-c3ccccc3Br)c(CCCN3CCCCC3)c2c1. The Bertz CT molecular complexity index is 1180. The Morgan fingerprint density at radius 1 is 1.00 bits per heavy atom. The summed E-state index contributed by atoms with van der Waals surface area (Å²) < 4.78 is 3.01. The second kappa shape index (κ2) is 13.7. The van der Waals surface area contributed by atoms with Gasteiger partial charge in [-0.1, -0.05) is 68.2 Å². The number of nitrogens with zero attached hydrogens (tertiary/aromatic N) is 4. The minimum Gasteiger partial charge on any atom is -0.339 e. The Kier molecular flexibility index (Phi) is 10.4. The van der Waals surface area contributed by atoms with Crippen molar-refractivity contribution in [2.45, 2.75) is 72.6 Å². The molecule has 2 aromatic heterocycles. The first-order valence-corrected chi connectivity index (χ1v) is 15.4. The fraction of sp³-hybridized carbons (Fsp3) is 0.562. The minimum atomic E-state index is 0.136. The number of halogens is 1. The van der Waals surface area contributed by atoms with Crippen LogP contribution in [0.4, 0.5) is 0 Å². The number of amides is 1. The highest BCUT2D eigenvalue weighted by Crippen LogP contribution is 2.33. The quantitative estimate of drug-likeness (QED) is 0.220. The van der Waals surface area contributed by atoms with Gasteiger partial charge in [-0.25, -0.2) is 4.52 Å². The lowest BCUT2D eigenvalue weighted by Gasteiger charge is -2.26. The summed E-state index contributed by atoms with van der Waals surface area (Å²) in [7, 11) is 0. The average molecular weight is 582 g/mol. The van der Waals surface area contributed by atoms with Crippen LogP contribution in [0.1, 0.15) is 82.1 Å². The molecule has 0 atom stereocenters. The van der Waals surface area contributed by atoms with Crippen LogP contribution in [-0.4, -0.2) is 58.0 Å². The second-order valence-electron chi connectivity index (χ2n) is 11.7. The normalized spacial score (nSPS) is 14.6. The molecular weight excluding hydrogens is 536 g/mol. The van der Waals surface area contributed by atoms with Gasteiger partial charge < -0.3 is 9.80 Å². The van der Waals surface area contributed by atoms with E-state index in [-0.39, 0.29) is 5.91 Å². The Labute approximate surface area is 237 Å². The van der Waals surface area contributed by atoms with Crippen LogP contribution in [0.2, 0.25) is 0 Å². The molecule has 38 heavy (non-hydrogen) atoms. The van der Waals surface area contributed by atoms with Crippen LogP contribution in [0, 0.1) is 11.8 Å². The Balaban J connectivity index is 1.65. The number of carbonyl (C=O) groups excluding carboxylic acids is 1. The van der Waals surface area contributed by atoms with E-state index in [1.165, 1.54) is 37.9 Å². The fourth-order valence-electron chi connectivity index (χ4n) is 5.33. The number of hydrogen-bond acceptors (Lipinski definition) is 3. The number of aromatic nitrogens is 2. The third kappa shape index (κ3) is 7.47. The van der Waals surface area contributed by atoms with Gasteiger partial charge >= 0.3 is 0 Å². The zero-order valence-electron chi connectivity index (χ0n) is 23.8.